The SMILES string of the molecule is CCNc1ccc([N+](=O)[O-])cc1S(=O)(=O)NCC(F)(F)F. The molecular weight excluding hydrogens is 315 g/mol. The van der Waals surface area contributed by atoms with Crippen LogP contribution in [0.4, 0.5) is 24.5 Å². The second-order valence-electron chi connectivity index (χ2n) is 3.91. The predicted octanol–water partition coefficient (Wildman–Crippen LogP) is 1.87. The molecule has 0 aliphatic heterocycles. The van der Waals surface area contributed by atoms with Crippen LogP contribution in [-0.4, -0.2) is 32.6 Å². The van der Waals surface area contributed by atoms with Gasteiger partial charge in [0.25, 0.3) is 5.69 Å². The Hall–Kier alpha value is -1.88. The molecule has 0 radical (unpaired) electrons. The van der Waals surface area contributed by atoms with E-state index in [9.17, 15) is 31.7 Å². The first-order chi connectivity index (χ1) is 9.57. The lowest BCUT2D eigenvalue weighted by atomic mass is 10.3. The maximum Gasteiger partial charge on any atom is 0.402 e. The van der Waals surface area contributed by atoms with Crippen molar-refractivity contribution in [3.05, 3.63) is 28.3 Å². The van der Waals surface area contributed by atoms with Crippen LogP contribution in [0.3, 0.4) is 0 Å². The number of benzene rings is 1. The average molecular weight is 327 g/mol. The number of halogens is 3. The van der Waals surface area contributed by atoms with E-state index in [1.165, 1.54) is 4.72 Å². The van der Waals surface area contributed by atoms with Gasteiger partial charge in [-0.25, -0.2) is 13.1 Å². The molecule has 0 fully saturated rings. The van der Waals surface area contributed by atoms with Gasteiger partial charge < -0.3 is 5.32 Å². The number of nitro benzene ring substituents is 1. The lowest BCUT2D eigenvalue weighted by Gasteiger charge is -2.13. The maximum atomic E-state index is 12.1. The zero-order valence-electron chi connectivity index (χ0n) is 10.8. The monoisotopic (exact) mass is 327 g/mol. The van der Waals surface area contributed by atoms with E-state index in [2.05, 4.69) is 5.32 Å². The van der Waals surface area contributed by atoms with Crippen LogP contribution in [-0.2, 0) is 10.0 Å². The summed E-state index contributed by atoms with van der Waals surface area (Å²) in [6.07, 6.45) is -4.73. The van der Waals surface area contributed by atoms with Gasteiger partial charge in [-0.3, -0.25) is 10.1 Å². The molecule has 0 spiro atoms. The highest BCUT2D eigenvalue weighted by Gasteiger charge is 2.31. The van der Waals surface area contributed by atoms with E-state index >= 15 is 0 Å². The third-order valence-electron chi connectivity index (χ3n) is 2.30. The average Bonchev–Trinajstić information content (AvgIpc) is 2.36. The summed E-state index contributed by atoms with van der Waals surface area (Å²) in [5.74, 6) is 0. The van der Waals surface area contributed by atoms with Crippen LogP contribution in [0.2, 0.25) is 0 Å². The number of anilines is 1. The van der Waals surface area contributed by atoms with Gasteiger partial charge in [0.15, 0.2) is 0 Å². The van der Waals surface area contributed by atoms with Gasteiger partial charge in [-0.15, -0.1) is 0 Å². The Balaban J connectivity index is 3.23. The minimum Gasteiger partial charge on any atom is -0.384 e. The summed E-state index contributed by atoms with van der Waals surface area (Å²) in [7, 11) is -4.54. The molecule has 0 amide bonds. The Bertz CT molecular complexity index is 631. The molecule has 7 nitrogen and oxygen atoms in total. The molecule has 0 aliphatic rings. The summed E-state index contributed by atoms with van der Waals surface area (Å²) in [6.45, 7) is 0.171. The van der Waals surface area contributed by atoms with E-state index in [-0.39, 0.29) is 5.69 Å². The van der Waals surface area contributed by atoms with Gasteiger partial charge in [0.2, 0.25) is 10.0 Å². The Kier molecular flexibility index (Phi) is 5.12. The molecule has 0 atom stereocenters. The topological polar surface area (TPSA) is 101 Å². The second kappa shape index (κ2) is 6.26. The Morgan fingerprint density at radius 1 is 1.33 bits per heavy atom. The summed E-state index contributed by atoms with van der Waals surface area (Å²) in [5, 5.41) is 13.3. The number of hydrogen-bond donors (Lipinski definition) is 2. The highest BCUT2D eigenvalue weighted by atomic mass is 32.2. The molecule has 0 saturated carbocycles. The molecule has 0 saturated heterocycles. The number of hydrogen-bond acceptors (Lipinski definition) is 5. The Morgan fingerprint density at radius 3 is 2.43 bits per heavy atom. The van der Waals surface area contributed by atoms with Crippen LogP contribution in [0.15, 0.2) is 23.1 Å². The summed E-state index contributed by atoms with van der Waals surface area (Å²) in [6, 6.07) is 2.89. The first-order valence-corrected chi connectivity index (χ1v) is 7.14. The van der Waals surface area contributed by atoms with Crippen LogP contribution in [0, 0.1) is 10.1 Å². The van der Waals surface area contributed by atoms with Gasteiger partial charge in [0.05, 0.1) is 10.6 Å². The van der Waals surface area contributed by atoms with Gasteiger partial charge in [-0.1, -0.05) is 0 Å². The summed E-state index contributed by atoms with van der Waals surface area (Å²) in [5.41, 5.74) is -0.554. The van der Waals surface area contributed by atoms with Crippen molar-refractivity contribution in [2.45, 2.75) is 18.0 Å². The molecule has 11 heteroatoms. The highest BCUT2D eigenvalue weighted by molar-refractivity contribution is 7.89. The van der Waals surface area contributed by atoms with E-state index in [4.69, 9.17) is 0 Å². The van der Waals surface area contributed by atoms with Crippen LogP contribution in [0.25, 0.3) is 0 Å². The van der Waals surface area contributed by atoms with Crippen molar-refractivity contribution in [2.24, 2.45) is 0 Å². The van der Waals surface area contributed by atoms with Gasteiger partial charge in [0, 0.05) is 18.7 Å². The van der Waals surface area contributed by atoms with Gasteiger partial charge in [0.1, 0.15) is 11.4 Å². The van der Waals surface area contributed by atoms with E-state index in [1.807, 2.05) is 0 Å². The fourth-order valence-electron chi connectivity index (χ4n) is 1.44. The Labute approximate surface area is 118 Å². The number of nitrogens with zero attached hydrogens (tertiary/aromatic N) is 1. The fourth-order valence-corrected chi connectivity index (χ4v) is 2.65. The quantitative estimate of drug-likeness (QED) is 0.613. The fraction of sp³-hybridized carbons (Fsp3) is 0.400. The van der Waals surface area contributed by atoms with Gasteiger partial charge in [-0.2, -0.15) is 13.2 Å². The lowest BCUT2D eigenvalue weighted by molar-refractivity contribution is -0.385. The zero-order chi connectivity index (χ0) is 16.3. The molecule has 118 valence electrons. The van der Waals surface area contributed by atoms with E-state index in [1.54, 1.807) is 6.92 Å². The first-order valence-electron chi connectivity index (χ1n) is 5.65. The first kappa shape index (κ1) is 17.2. The Morgan fingerprint density at radius 2 is 1.95 bits per heavy atom. The molecule has 0 bridgehead atoms. The van der Waals surface area contributed by atoms with Crippen molar-refractivity contribution >= 4 is 21.4 Å². The van der Waals surface area contributed by atoms with Crippen molar-refractivity contribution in [1.29, 1.82) is 0 Å². The molecule has 0 heterocycles. The minimum atomic E-state index is -4.73. The molecule has 0 unspecified atom stereocenters. The van der Waals surface area contributed by atoms with Crippen molar-refractivity contribution < 1.29 is 26.5 Å². The summed E-state index contributed by atoms with van der Waals surface area (Å²) < 4.78 is 61.4. The highest BCUT2D eigenvalue weighted by Crippen LogP contribution is 2.26. The third-order valence-corrected chi connectivity index (χ3v) is 3.74. The van der Waals surface area contributed by atoms with Gasteiger partial charge in [-0.05, 0) is 13.0 Å². The van der Waals surface area contributed by atoms with Crippen molar-refractivity contribution in [3.8, 4) is 0 Å². The maximum absolute atomic E-state index is 12.1. The molecule has 21 heavy (non-hydrogen) atoms. The third kappa shape index (κ3) is 4.86. The minimum absolute atomic E-state index is 0.0159. The number of sulfonamides is 1. The molecule has 1 aromatic rings. The van der Waals surface area contributed by atoms with Crippen molar-refractivity contribution in [2.75, 3.05) is 18.4 Å². The van der Waals surface area contributed by atoms with Gasteiger partial charge >= 0.3 is 6.18 Å². The smallest absolute Gasteiger partial charge is 0.384 e. The van der Waals surface area contributed by atoms with E-state index in [0.29, 0.717) is 12.6 Å². The lowest BCUT2D eigenvalue weighted by Crippen LogP contribution is -2.34. The van der Waals surface area contributed by atoms with Crippen LogP contribution in [0.5, 0.6) is 0 Å². The van der Waals surface area contributed by atoms with E-state index < -0.39 is 38.3 Å². The standard InChI is InChI=1S/C10H12F3N3O4S/c1-2-14-8-4-3-7(16(17)18)5-9(8)21(19,20)15-6-10(11,12)13/h3-5,14-15H,2,6H2,1H3. The largest absolute Gasteiger partial charge is 0.402 e. The van der Waals surface area contributed by atoms with Crippen LogP contribution < -0.4 is 10.0 Å². The number of nitro groups is 1. The number of non-ortho nitro benzene ring substituents is 1. The molecule has 1 aromatic carbocycles. The normalized spacial score (nSPS) is 12.2. The van der Waals surface area contributed by atoms with Crippen molar-refractivity contribution in [1.82, 2.24) is 4.72 Å². The zero-order valence-corrected chi connectivity index (χ0v) is 11.6. The number of alkyl halides is 3. The van der Waals surface area contributed by atoms with Crippen molar-refractivity contribution in [3.63, 3.8) is 0 Å². The molecule has 1 rings (SSSR count). The molecule has 0 aliphatic carbocycles. The number of rotatable bonds is 6. The second-order valence-corrected chi connectivity index (χ2v) is 5.64. The predicted molar refractivity (Wildman–Crippen MR) is 68.5 cm³/mol. The summed E-state index contributed by atoms with van der Waals surface area (Å²) in [4.78, 5) is 9.21. The van der Waals surface area contributed by atoms with E-state index in [0.717, 1.165) is 12.1 Å². The molecule has 2 N–H and O–H groups in total. The molecule has 0 aromatic heterocycles. The summed E-state index contributed by atoms with van der Waals surface area (Å²) >= 11 is 0. The van der Waals surface area contributed by atoms with Crippen LogP contribution >= 0.6 is 0 Å². The number of nitrogens with one attached hydrogen (secondary N) is 2. The van der Waals surface area contributed by atoms with Crippen LogP contribution in [0.1, 0.15) is 6.92 Å². The molecular formula is C10H12F3N3O4S.